The van der Waals surface area contributed by atoms with E-state index >= 15 is 0 Å². The van der Waals surface area contributed by atoms with E-state index in [0.717, 1.165) is 6.42 Å². The largest absolute Gasteiger partial charge is 0.168 e. The Labute approximate surface area is 134 Å². The first-order chi connectivity index (χ1) is 10.0. The van der Waals surface area contributed by atoms with E-state index in [2.05, 4.69) is 73.8 Å². The zero-order chi connectivity index (χ0) is 15.1. The first-order valence-electron chi connectivity index (χ1n) is 7.54. The van der Waals surface area contributed by atoms with Crippen LogP contribution in [0.4, 0.5) is 0 Å². The van der Waals surface area contributed by atoms with Crippen molar-refractivity contribution >= 4 is 30.6 Å². The molecule has 2 aromatic rings. The summed E-state index contributed by atoms with van der Waals surface area (Å²) in [5, 5.41) is 0. The van der Waals surface area contributed by atoms with Gasteiger partial charge in [-0.3, -0.25) is 0 Å². The molecule has 0 amide bonds. The normalized spacial score (nSPS) is 12.0. The summed E-state index contributed by atoms with van der Waals surface area (Å²) in [6.07, 6.45) is 6.64. The van der Waals surface area contributed by atoms with Gasteiger partial charge in [-0.25, -0.2) is 0 Å². The van der Waals surface area contributed by atoms with Crippen molar-refractivity contribution in [2.45, 2.75) is 32.0 Å². The van der Waals surface area contributed by atoms with Gasteiger partial charge < -0.3 is 0 Å². The van der Waals surface area contributed by atoms with Crippen molar-refractivity contribution in [1.29, 1.82) is 0 Å². The number of halogens is 1. The van der Waals surface area contributed by atoms with Crippen molar-refractivity contribution in [3.05, 3.63) is 71.3 Å². The standard InChI is InChI=1S/C19H23ClSi/c1-21(2,20)16-6-9-18-11-14-19(15-12-18)13-10-17-7-4-3-5-8-17/h3-5,7-8,10-15H,6,9,16H2,1-2H3. The minimum Gasteiger partial charge on any atom is -0.168 e. The van der Waals surface area contributed by atoms with Crippen molar-refractivity contribution < 1.29 is 0 Å². The number of benzene rings is 2. The van der Waals surface area contributed by atoms with Crippen LogP contribution in [0.25, 0.3) is 12.2 Å². The van der Waals surface area contributed by atoms with Crippen molar-refractivity contribution in [3.63, 3.8) is 0 Å². The van der Waals surface area contributed by atoms with Crippen LogP contribution in [0.5, 0.6) is 0 Å². The van der Waals surface area contributed by atoms with Gasteiger partial charge in [0.15, 0.2) is 7.38 Å². The molecule has 0 bridgehead atoms. The van der Waals surface area contributed by atoms with Crippen LogP contribution in [-0.4, -0.2) is 7.38 Å². The highest BCUT2D eigenvalue weighted by molar-refractivity contribution is 7.19. The second kappa shape index (κ2) is 7.63. The summed E-state index contributed by atoms with van der Waals surface area (Å²) in [6, 6.07) is 20.4. The van der Waals surface area contributed by atoms with E-state index in [9.17, 15) is 0 Å². The van der Waals surface area contributed by atoms with E-state index in [-0.39, 0.29) is 0 Å². The molecule has 110 valence electrons. The lowest BCUT2D eigenvalue weighted by Crippen LogP contribution is -2.15. The average molecular weight is 315 g/mol. The topological polar surface area (TPSA) is 0 Å². The summed E-state index contributed by atoms with van der Waals surface area (Å²) in [6.45, 7) is 4.43. The van der Waals surface area contributed by atoms with E-state index < -0.39 is 7.38 Å². The van der Waals surface area contributed by atoms with Gasteiger partial charge in [0.05, 0.1) is 0 Å². The summed E-state index contributed by atoms with van der Waals surface area (Å²) >= 11 is 6.35. The lowest BCUT2D eigenvalue weighted by atomic mass is 10.1. The zero-order valence-corrected chi connectivity index (χ0v) is 14.6. The molecule has 0 aliphatic rings. The van der Waals surface area contributed by atoms with Crippen LogP contribution in [0.2, 0.25) is 19.1 Å². The number of hydrogen-bond acceptors (Lipinski definition) is 0. The van der Waals surface area contributed by atoms with E-state index in [1.54, 1.807) is 0 Å². The molecule has 21 heavy (non-hydrogen) atoms. The summed E-state index contributed by atoms with van der Waals surface area (Å²) in [4.78, 5) is 0. The predicted octanol–water partition coefficient (Wildman–Crippen LogP) is 6.23. The molecule has 0 fully saturated rings. The van der Waals surface area contributed by atoms with Gasteiger partial charge in [0.2, 0.25) is 0 Å². The lowest BCUT2D eigenvalue weighted by molar-refractivity contribution is 0.907. The maximum atomic E-state index is 6.35. The Balaban J connectivity index is 1.89. The molecular formula is C19H23ClSi. The minimum absolute atomic E-state index is 1.13. The van der Waals surface area contributed by atoms with Crippen LogP contribution in [0, 0.1) is 0 Å². The molecule has 0 heterocycles. The predicted molar refractivity (Wildman–Crippen MR) is 98.3 cm³/mol. The number of aryl methyl sites for hydroxylation is 1. The van der Waals surface area contributed by atoms with E-state index in [1.807, 2.05) is 6.07 Å². The Morgan fingerprint density at radius 1 is 0.857 bits per heavy atom. The fraction of sp³-hybridized carbons (Fsp3) is 0.263. The van der Waals surface area contributed by atoms with Crippen LogP contribution < -0.4 is 0 Å². The van der Waals surface area contributed by atoms with E-state index in [1.165, 1.54) is 29.2 Å². The molecule has 0 nitrogen and oxygen atoms in total. The van der Waals surface area contributed by atoms with Gasteiger partial charge in [0, 0.05) is 0 Å². The summed E-state index contributed by atoms with van der Waals surface area (Å²) in [7, 11) is -1.41. The molecule has 0 radical (unpaired) electrons. The first-order valence-corrected chi connectivity index (χ1v) is 11.8. The Morgan fingerprint density at radius 2 is 1.43 bits per heavy atom. The van der Waals surface area contributed by atoms with Gasteiger partial charge in [0.1, 0.15) is 0 Å². The Bertz CT molecular complexity index is 565. The molecule has 2 rings (SSSR count). The van der Waals surface area contributed by atoms with E-state index in [4.69, 9.17) is 11.1 Å². The zero-order valence-electron chi connectivity index (χ0n) is 12.9. The molecule has 0 unspecified atom stereocenters. The number of hydrogen-bond donors (Lipinski definition) is 0. The van der Waals surface area contributed by atoms with Crippen molar-refractivity contribution in [3.8, 4) is 0 Å². The first kappa shape index (κ1) is 16.1. The molecule has 0 aliphatic carbocycles. The number of rotatable bonds is 6. The fourth-order valence-corrected chi connectivity index (χ4v) is 3.68. The Kier molecular flexibility index (Phi) is 5.83. The molecule has 0 N–H and O–H groups in total. The molecule has 0 aromatic heterocycles. The van der Waals surface area contributed by atoms with Crippen molar-refractivity contribution in [2.75, 3.05) is 0 Å². The highest BCUT2D eigenvalue weighted by atomic mass is 35.6. The maximum Gasteiger partial charge on any atom is 0.150 e. The summed E-state index contributed by atoms with van der Waals surface area (Å²) < 4.78 is 0. The highest BCUT2D eigenvalue weighted by Gasteiger charge is 2.15. The monoisotopic (exact) mass is 314 g/mol. The van der Waals surface area contributed by atoms with Gasteiger partial charge in [-0.2, -0.15) is 11.1 Å². The lowest BCUT2D eigenvalue weighted by Gasteiger charge is -2.12. The quantitative estimate of drug-likeness (QED) is 0.336. The van der Waals surface area contributed by atoms with Crippen LogP contribution in [0.1, 0.15) is 23.1 Å². The molecule has 0 saturated heterocycles. The van der Waals surface area contributed by atoms with Gasteiger partial charge in [0.25, 0.3) is 0 Å². The third kappa shape index (κ3) is 6.32. The van der Waals surface area contributed by atoms with Gasteiger partial charge in [-0.05, 0) is 29.2 Å². The third-order valence-electron chi connectivity index (χ3n) is 3.48. The van der Waals surface area contributed by atoms with Gasteiger partial charge in [-0.15, -0.1) is 0 Å². The van der Waals surface area contributed by atoms with Crippen LogP contribution >= 0.6 is 11.1 Å². The van der Waals surface area contributed by atoms with Crippen LogP contribution in [0.15, 0.2) is 54.6 Å². The highest BCUT2D eigenvalue weighted by Crippen LogP contribution is 2.18. The molecule has 0 saturated carbocycles. The smallest absolute Gasteiger partial charge is 0.150 e. The molecule has 0 spiro atoms. The maximum absolute atomic E-state index is 6.35. The van der Waals surface area contributed by atoms with Crippen LogP contribution in [0.3, 0.4) is 0 Å². The molecular weight excluding hydrogens is 292 g/mol. The Morgan fingerprint density at radius 3 is 2.00 bits per heavy atom. The summed E-state index contributed by atoms with van der Waals surface area (Å²) in [5.41, 5.74) is 3.88. The minimum atomic E-state index is -1.41. The second-order valence-electron chi connectivity index (χ2n) is 6.06. The van der Waals surface area contributed by atoms with Gasteiger partial charge in [-0.1, -0.05) is 86.3 Å². The molecule has 0 aliphatic heterocycles. The SMILES string of the molecule is C[Si](C)(Cl)CCCc1ccc(C=Cc2ccccc2)cc1. The average Bonchev–Trinajstić information content (AvgIpc) is 2.46. The van der Waals surface area contributed by atoms with Crippen molar-refractivity contribution in [1.82, 2.24) is 0 Å². The van der Waals surface area contributed by atoms with Crippen molar-refractivity contribution in [2.24, 2.45) is 0 Å². The molecule has 2 aromatic carbocycles. The van der Waals surface area contributed by atoms with E-state index in [0.29, 0.717) is 0 Å². The van der Waals surface area contributed by atoms with Gasteiger partial charge >= 0.3 is 0 Å². The third-order valence-corrected chi connectivity index (χ3v) is 5.59. The fourth-order valence-electron chi connectivity index (χ4n) is 2.26. The summed E-state index contributed by atoms with van der Waals surface area (Å²) in [5.74, 6) is 0. The second-order valence-corrected chi connectivity index (χ2v) is 13.1. The molecule has 0 atom stereocenters. The van der Waals surface area contributed by atoms with Crippen LogP contribution in [-0.2, 0) is 6.42 Å². The molecule has 2 heteroatoms. The Hall–Kier alpha value is -1.31.